The van der Waals surface area contributed by atoms with Crippen molar-refractivity contribution < 1.29 is 9.59 Å². The fourth-order valence-corrected chi connectivity index (χ4v) is 4.01. The third-order valence-electron chi connectivity index (χ3n) is 6.12. The maximum Gasteiger partial charge on any atom is 0.282 e. The van der Waals surface area contributed by atoms with E-state index in [1.165, 1.54) is 4.90 Å². The molecule has 32 heavy (non-hydrogen) atoms. The minimum atomic E-state index is -0.340. The summed E-state index contributed by atoms with van der Waals surface area (Å²) in [5.74, 6) is -0.651. The van der Waals surface area contributed by atoms with Crippen molar-refractivity contribution >= 4 is 28.8 Å². The van der Waals surface area contributed by atoms with E-state index in [1.807, 2.05) is 82.3 Å². The number of carbonyl (C=O) groups excluding carboxylic acids is 2. The van der Waals surface area contributed by atoms with E-state index >= 15 is 0 Å². The van der Waals surface area contributed by atoms with Gasteiger partial charge < -0.3 is 5.32 Å². The molecule has 1 heterocycles. The van der Waals surface area contributed by atoms with Crippen molar-refractivity contribution in [2.45, 2.75) is 41.0 Å². The molecule has 0 bridgehead atoms. The number of amides is 2. The molecule has 4 rings (SSSR count). The highest BCUT2D eigenvalue weighted by atomic mass is 16.2. The number of aryl methyl sites for hydroxylation is 5. The minimum Gasteiger partial charge on any atom is -0.350 e. The van der Waals surface area contributed by atoms with Crippen LogP contribution in [-0.4, -0.2) is 11.8 Å². The van der Waals surface area contributed by atoms with Crippen molar-refractivity contribution in [3.8, 4) is 0 Å². The zero-order valence-electron chi connectivity index (χ0n) is 19.2. The Morgan fingerprint density at radius 2 is 1.47 bits per heavy atom. The van der Waals surface area contributed by atoms with E-state index in [0.29, 0.717) is 17.0 Å². The Morgan fingerprint density at radius 1 is 0.750 bits per heavy atom. The third kappa shape index (κ3) is 3.84. The highest BCUT2D eigenvalue weighted by molar-refractivity contribution is 6.46. The van der Waals surface area contributed by atoms with Crippen LogP contribution in [0.2, 0.25) is 0 Å². The summed E-state index contributed by atoms with van der Waals surface area (Å²) in [6.07, 6.45) is 0.897. The van der Waals surface area contributed by atoms with E-state index in [4.69, 9.17) is 0 Å². The molecule has 2 amide bonds. The first kappa shape index (κ1) is 21.6. The normalized spacial score (nSPS) is 13.8. The summed E-state index contributed by atoms with van der Waals surface area (Å²) >= 11 is 0. The lowest BCUT2D eigenvalue weighted by molar-refractivity contribution is -0.120. The second-order valence-corrected chi connectivity index (χ2v) is 8.46. The smallest absolute Gasteiger partial charge is 0.282 e. The fourth-order valence-electron chi connectivity index (χ4n) is 4.01. The number of anilines is 2. The molecule has 0 spiro atoms. The van der Waals surface area contributed by atoms with Crippen molar-refractivity contribution in [2.75, 3.05) is 10.2 Å². The molecule has 0 radical (unpaired) electrons. The Bertz CT molecular complexity index is 1250. The Labute approximate surface area is 189 Å². The highest BCUT2D eigenvalue weighted by Crippen LogP contribution is 2.35. The number of nitrogens with zero attached hydrogens (tertiary/aromatic N) is 1. The molecular weight excluding hydrogens is 396 g/mol. The molecule has 1 aliphatic heterocycles. The standard InChI is InChI=1S/C28H28N2O2/c1-6-21-9-12-23(13-10-21)30-27(31)25(22-11-8-18(3)19(4)16-22)26(28(30)32)29-24-14-7-17(2)15-20(24)5/h7-16,29H,6H2,1-5H3. The summed E-state index contributed by atoms with van der Waals surface area (Å²) in [7, 11) is 0. The molecule has 0 fully saturated rings. The Kier molecular flexibility index (Phi) is 5.70. The molecule has 1 aliphatic rings. The van der Waals surface area contributed by atoms with Crippen molar-refractivity contribution in [2.24, 2.45) is 0 Å². The third-order valence-corrected chi connectivity index (χ3v) is 6.12. The van der Waals surface area contributed by atoms with Crippen LogP contribution < -0.4 is 10.2 Å². The van der Waals surface area contributed by atoms with Crippen LogP contribution in [0.4, 0.5) is 11.4 Å². The van der Waals surface area contributed by atoms with Gasteiger partial charge in [0.15, 0.2) is 0 Å². The molecule has 0 aromatic heterocycles. The number of hydrogen-bond acceptors (Lipinski definition) is 3. The van der Waals surface area contributed by atoms with E-state index < -0.39 is 0 Å². The van der Waals surface area contributed by atoms with Gasteiger partial charge in [0.25, 0.3) is 11.8 Å². The van der Waals surface area contributed by atoms with Gasteiger partial charge in [-0.1, -0.05) is 55.0 Å². The van der Waals surface area contributed by atoms with E-state index in [0.717, 1.165) is 45.5 Å². The summed E-state index contributed by atoms with van der Waals surface area (Å²) < 4.78 is 0. The lowest BCUT2D eigenvalue weighted by Gasteiger charge is -2.16. The first-order valence-electron chi connectivity index (χ1n) is 10.9. The molecule has 3 aromatic rings. The largest absolute Gasteiger partial charge is 0.350 e. The van der Waals surface area contributed by atoms with Crippen molar-refractivity contribution in [1.82, 2.24) is 0 Å². The molecule has 0 saturated heterocycles. The lowest BCUT2D eigenvalue weighted by atomic mass is 9.99. The van der Waals surface area contributed by atoms with E-state index in [1.54, 1.807) is 0 Å². The van der Waals surface area contributed by atoms with E-state index in [2.05, 4.69) is 18.3 Å². The van der Waals surface area contributed by atoms with Crippen LogP contribution >= 0.6 is 0 Å². The van der Waals surface area contributed by atoms with Crippen molar-refractivity contribution in [1.29, 1.82) is 0 Å². The van der Waals surface area contributed by atoms with Crippen molar-refractivity contribution in [3.63, 3.8) is 0 Å². The molecule has 3 aromatic carbocycles. The summed E-state index contributed by atoms with van der Waals surface area (Å²) in [6.45, 7) is 10.1. The van der Waals surface area contributed by atoms with Crippen LogP contribution in [0.3, 0.4) is 0 Å². The molecule has 162 valence electrons. The molecule has 0 aliphatic carbocycles. The van der Waals surface area contributed by atoms with Gasteiger partial charge in [0.2, 0.25) is 0 Å². The monoisotopic (exact) mass is 424 g/mol. The molecule has 1 N–H and O–H groups in total. The average molecular weight is 425 g/mol. The van der Waals surface area contributed by atoms with Gasteiger partial charge in [-0.15, -0.1) is 0 Å². The Morgan fingerprint density at radius 3 is 2.09 bits per heavy atom. The van der Waals surface area contributed by atoms with E-state index in [9.17, 15) is 9.59 Å². The fraction of sp³-hybridized carbons (Fsp3) is 0.214. The quantitative estimate of drug-likeness (QED) is 0.521. The molecule has 4 heteroatoms. The zero-order chi connectivity index (χ0) is 23.0. The summed E-state index contributed by atoms with van der Waals surface area (Å²) in [6, 6.07) is 19.5. The summed E-state index contributed by atoms with van der Waals surface area (Å²) in [5, 5.41) is 3.29. The van der Waals surface area contributed by atoms with Gasteiger partial charge in [0.05, 0.1) is 11.3 Å². The SMILES string of the molecule is CCc1ccc(N2C(=O)C(Nc3ccc(C)cc3C)=C(c3ccc(C)c(C)c3)C2=O)cc1. The van der Waals surface area contributed by atoms with Crippen molar-refractivity contribution in [3.05, 3.63) is 99.7 Å². The summed E-state index contributed by atoms with van der Waals surface area (Å²) in [5.41, 5.74) is 8.38. The van der Waals surface area contributed by atoms with Gasteiger partial charge in [0.1, 0.15) is 5.70 Å². The maximum absolute atomic E-state index is 13.6. The number of rotatable bonds is 5. The average Bonchev–Trinajstić information content (AvgIpc) is 3.01. The number of nitrogens with one attached hydrogen (secondary N) is 1. The first-order valence-corrected chi connectivity index (χ1v) is 10.9. The van der Waals surface area contributed by atoms with Crippen LogP contribution in [0.25, 0.3) is 5.57 Å². The van der Waals surface area contributed by atoms with Gasteiger partial charge in [-0.05, 0) is 80.1 Å². The topological polar surface area (TPSA) is 49.4 Å². The van der Waals surface area contributed by atoms with Gasteiger partial charge in [-0.25, -0.2) is 4.90 Å². The Hall–Kier alpha value is -3.66. The van der Waals surface area contributed by atoms with Crippen LogP contribution in [0.15, 0.2) is 66.4 Å². The zero-order valence-corrected chi connectivity index (χ0v) is 19.2. The maximum atomic E-state index is 13.6. The predicted octanol–water partition coefficient (Wildman–Crippen LogP) is 5.88. The number of hydrogen-bond donors (Lipinski definition) is 1. The molecule has 0 atom stereocenters. The predicted molar refractivity (Wildman–Crippen MR) is 131 cm³/mol. The molecule has 4 nitrogen and oxygen atoms in total. The van der Waals surface area contributed by atoms with Gasteiger partial charge in [-0.2, -0.15) is 0 Å². The van der Waals surface area contributed by atoms with Gasteiger partial charge in [-0.3, -0.25) is 9.59 Å². The lowest BCUT2D eigenvalue weighted by Crippen LogP contribution is -2.32. The minimum absolute atomic E-state index is 0.310. The first-order chi connectivity index (χ1) is 15.3. The number of benzene rings is 3. The Balaban J connectivity index is 1.83. The highest BCUT2D eigenvalue weighted by Gasteiger charge is 2.40. The molecule has 0 saturated carbocycles. The van der Waals surface area contributed by atoms with Crippen LogP contribution in [0.5, 0.6) is 0 Å². The van der Waals surface area contributed by atoms with Gasteiger partial charge in [0, 0.05) is 5.69 Å². The second kappa shape index (κ2) is 8.46. The van der Waals surface area contributed by atoms with Crippen LogP contribution in [0, 0.1) is 27.7 Å². The van der Waals surface area contributed by atoms with Crippen LogP contribution in [0.1, 0.15) is 40.3 Å². The van der Waals surface area contributed by atoms with E-state index in [-0.39, 0.29) is 11.8 Å². The van der Waals surface area contributed by atoms with Gasteiger partial charge >= 0.3 is 0 Å². The summed E-state index contributed by atoms with van der Waals surface area (Å²) in [4.78, 5) is 28.5. The number of carbonyl (C=O) groups is 2. The second-order valence-electron chi connectivity index (χ2n) is 8.46. The molecule has 0 unspecified atom stereocenters. The molecular formula is C28H28N2O2. The van der Waals surface area contributed by atoms with Crippen LogP contribution in [-0.2, 0) is 16.0 Å². The number of imide groups is 1.